The summed E-state index contributed by atoms with van der Waals surface area (Å²) in [5, 5.41) is 0. The quantitative estimate of drug-likeness (QED) is 0.517. The Bertz CT molecular complexity index is 182. The fraction of sp³-hybridized carbons (Fsp3) is 1.00. The van der Waals surface area contributed by atoms with E-state index in [-0.39, 0.29) is 0 Å². The summed E-state index contributed by atoms with van der Waals surface area (Å²) >= 11 is 0. The molecule has 0 amide bonds. The molecule has 2 fully saturated rings. The maximum atomic E-state index is 2.57. The smallest absolute Gasteiger partial charge is 0.0298 e. The topological polar surface area (TPSA) is 0 Å². The van der Waals surface area contributed by atoms with Crippen LogP contribution in [0.25, 0.3) is 0 Å². The molecule has 0 spiro atoms. The Kier molecular flexibility index (Phi) is 8.11. The summed E-state index contributed by atoms with van der Waals surface area (Å²) in [5.74, 6) is 2.07. The molecule has 0 nitrogen and oxygen atoms in total. The van der Waals surface area contributed by atoms with Crippen molar-refractivity contribution in [2.75, 3.05) is 0 Å². The number of hydrogen-bond acceptors (Lipinski definition) is 0. The summed E-state index contributed by atoms with van der Waals surface area (Å²) in [6.07, 6.45) is 17.7. The highest BCUT2D eigenvalue weighted by atomic mass is 14.4. The highest BCUT2D eigenvalue weighted by Gasteiger charge is 2.37. The Morgan fingerprint density at radius 3 is 1.21 bits per heavy atom. The molecular weight excluding hydrogens is 228 g/mol. The van der Waals surface area contributed by atoms with Gasteiger partial charge in [-0.15, -0.1) is 0 Å². The van der Waals surface area contributed by atoms with E-state index in [9.17, 15) is 0 Å². The molecule has 19 heavy (non-hydrogen) atoms. The van der Waals surface area contributed by atoms with Crippen molar-refractivity contribution in [3.05, 3.63) is 0 Å². The van der Waals surface area contributed by atoms with Crippen molar-refractivity contribution in [1.82, 2.24) is 0 Å². The van der Waals surface area contributed by atoms with Crippen molar-refractivity contribution in [2.24, 2.45) is 17.3 Å². The van der Waals surface area contributed by atoms with E-state index in [4.69, 9.17) is 0 Å². The van der Waals surface area contributed by atoms with Crippen LogP contribution in [0.15, 0.2) is 0 Å². The third-order valence-corrected chi connectivity index (χ3v) is 5.81. The van der Waals surface area contributed by atoms with Crippen LogP contribution in [0, 0.1) is 17.3 Å². The van der Waals surface area contributed by atoms with Gasteiger partial charge in [-0.1, -0.05) is 79.1 Å². The molecule has 0 N–H and O–H groups in total. The first-order valence-electron chi connectivity index (χ1n) is 9.12. The number of hydrogen-bond donors (Lipinski definition) is 0. The van der Waals surface area contributed by atoms with Crippen LogP contribution in [0.3, 0.4) is 0 Å². The van der Waals surface area contributed by atoms with Gasteiger partial charge in [0.2, 0.25) is 0 Å². The Labute approximate surface area is 122 Å². The molecule has 0 saturated heterocycles. The summed E-state index contributed by atoms with van der Waals surface area (Å²) in [4.78, 5) is 0. The van der Waals surface area contributed by atoms with E-state index < -0.39 is 0 Å². The van der Waals surface area contributed by atoms with Crippen LogP contribution in [-0.2, 0) is 0 Å². The van der Waals surface area contributed by atoms with Crippen LogP contribution >= 0.6 is 0 Å². The molecule has 0 unspecified atom stereocenters. The van der Waals surface area contributed by atoms with Crippen molar-refractivity contribution < 1.29 is 0 Å². The van der Waals surface area contributed by atoms with Gasteiger partial charge in [-0.2, -0.15) is 0 Å². The van der Waals surface area contributed by atoms with Crippen LogP contribution in [0.1, 0.15) is 105 Å². The summed E-state index contributed by atoms with van der Waals surface area (Å²) in [6.45, 7) is 9.50. The second-order valence-electron chi connectivity index (χ2n) is 7.49. The van der Waals surface area contributed by atoms with Gasteiger partial charge in [-0.05, 0) is 42.9 Å². The molecule has 0 aromatic carbocycles. The third kappa shape index (κ3) is 5.48. The fourth-order valence-corrected chi connectivity index (χ4v) is 4.03. The van der Waals surface area contributed by atoms with Gasteiger partial charge in [0.1, 0.15) is 0 Å². The zero-order valence-electron chi connectivity index (χ0n) is 14.1. The molecule has 2 aliphatic carbocycles. The lowest BCUT2D eigenvalue weighted by atomic mass is 9.61. The number of rotatable bonds is 3. The second kappa shape index (κ2) is 9.03. The maximum Gasteiger partial charge on any atom is -0.0298 e. The third-order valence-electron chi connectivity index (χ3n) is 5.81. The number of unbranched alkanes of at least 4 members (excludes halogenated alkanes) is 1. The Morgan fingerprint density at radius 1 is 0.632 bits per heavy atom. The van der Waals surface area contributed by atoms with Crippen molar-refractivity contribution in [3.63, 3.8) is 0 Å². The zero-order valence-corrected chi connectivity index (χ0v) is 14.1. The maximum absolute atomic E-state index is 2.57. The van der Waals surface area contributed by atoms with Gasteiger partial charge in [0, 0.05) is 0 Å². The van der Waals surface area contributed by atoms with E-state index in [0.717, 1.165) is 11.8 Å². The Morgan fingerprint density at radius 2 is 0.947 bits per heavy atom. The highest BCUT2D eigenvalue weighted by molar-refractivity contribution is 4.88. The molecule has 2 rings (SSSR count). The Balaban J connectivity index is 0.000000399. The summed E-state index contributed by atoms with van der Waals surface area (Å²) in [6, 6.07) is 0. The average Bonchev–Trinajstić information content (AvgIpc) is 2.49. The van der Waals surface area contributed by atoms with Gasteiger partial charge in [-0.3, -0.25) is 0 Å². The molecule has 2 saturated carbocycles. The van der Waals surface area contributed by atoms with Crippen molar-refractivity contribution in [2.45, 2.75) is 105 Å². The minimum atomic E-state index is 0.640. The first kappa shape index (κ1) is 17.1. The highest BCUT2D eigenvalue weighted by Crippen LogP contribution is 2.48. The molecule has 0 heteroatoms. The first-order valence-corrected chi connectivity index (χ1v) is 9.12. The standard InChI is InChI=1S/C15H28.C4H10/c1-15(2,13-9-5-3-6-10-13)14-11-7-4-8-12-14;1-3-4-2/h13-14H,3-12H2,1-2H3;3-4H2,1-2H3. The minimum absolute atomic E-state index is 0.640. The predicted molar refractivity (Wildman–Crippen MR) is 87.5 cm³/mol. The molecular formula is C19H38. The molecule has 0 atom stereocenters. The van der Waals surface area contributed by atoms with E-state index in [1.165, 1.54) is 77.0 Å². The molecule has 0 aliphatic heterocycles. The average molecular weight is 267 g/mol. The van der Waals surface area contributed by atoms with Crippen molar-refractivity contribution in [1.29, 1.82) is 0 Å². The van der Waals surface area contributed by atoms with Gasteiger partial charge in [0.25, 0.3) is 0 Å². The van der Waals surface area contributed by atoms with Gasteiger partial charge < -0.3 is 0 Å². The molecule has 114 valence electrons. The fourth-order valence-electron chi connectivity index (χ4n) is 4.03. The van der Waals surface area contributed by atoms with Crippen molar-refractivity contribution >= 4 is 0 Å². The van der Waals surface area contributed by atoms with Gasteiger partial charge in [0.15, 0.2) is 0 Å². The predicted octanol–water partition coefficient (Wildman–Crippen LogP) is 6.98. The first-order chi connectivity index (χ1) is 9.12. The summed E-state index contributed by atoms with van der Waals surface area (Å²) in [7, 11) is 0. The largest absolute Gasteiger partial charge is 0.0654 e. The molecule has 0 aromatic rings. The lowest BCUT2D eigenvalue weighted by Gasteiger charge is -2.44. The van der Waals surface area contributed by atoms with E-state index in [0.29, 0.717) is 5.41 Å². The van der Waals surface area contributed by atoms with Crippen LogP contribution in [-0.4, -0.2) is 0 Å². The second-order valence-corrected chi connectivity index (χ2v) is 7.49. The van der Waals surface area contributed by atoms with E-state index in [1.807, 2.05) is 0 Å². The van der Waals surface area contributed by atoms with Crippen LogP contribution in [0.2, 0.25) is 0 Å². The van der Waals surface area contributed by atoms with E-state index in [1.54, 1.807) is 0 Å². The van der Waals surface area contributed by atoms with E-state index in [2.05, 4.69) is 27.7 Å². The molecule has 0 radical (unpaired) electrons. The lowest BCUT2D eigenvalue weighted by Crippen LogP contribution is -2.35. The van der Waals surface area contributed by atoms with Crippen LogP contribution in [0.4, 0.5) is 0 Å². The summed E-state index contributed by atoms with van der Waals surface area (Å²) in [5.41, 5.74) is 0.640. The SMILES string of the molecule is CC(C)(C1CCCCC1)C1CCCCC1.CCCC. The van der Waals surface area contributed by atoms with Gasteiger partial charge in [0.05, 0.1) is 0 Å². The zero-order chi connectivity index (χ0) is 14.1. The molecule has 2 aliphatic rings. The van der Waals surface area contributed by atoms with Crippen LogP contribution in [0.5, 0.6) is 0 Å². The molecule has 0 heterocycles. The molecule has 0 bridgehead atoms. The monoisotopic (exact) mass is 266 g/mol. The van der Waals surface area contributed by atoms with Gasteiger partial charge in [-0.25, -0.2) is 0 Å². The normalized spacial score (nSPS) is 22.7. The Hall–Kier alpha value is 0. The minimum Gasteiger partial charge on any atom is -0.0654 e. The lowest BCUT2D eigenvalue weighted by molar-refractivity contribution is 0.0587. The summed E-state index contributed by atoms with van der Waals surface area (Å²) < 4.78 is 0. The van der Waals surface area contributed by atoms with Gasteiger partial charge >= 0.3 is 0 Å². The van der Waals surface area contributed by atoms with Crippen molar-refractivity contribution in [3.8, 4) is 0 Å². The molecule has 0 aromatic heterocycles. The van der Waals surface area contributed by atoms with Crippen LogP contribution < -0.4 is 0 Å². The van der Waals surface area contributed by atoms with E-state index >= 15 is 0 Å².